The van der Waals surface area contributed by atoms with E-state index < -0.39 is 17.4 Å². The molecule has 0 unspecified atom stereocenters. The third-order valence-electron chi connectivity index (χ3n) is 2.74. The molecule has 0 aliphatic rings. The fourth-order valence-corrected chi connectivity index (χ4v) is 2.81. The van der Waals surface area contributed by atoms with Crippen molar-refractivity contribution in [3.05, 3.63) is 55.9 Å². The van der Waals surface area contributed by atoms with E-state index in [2.05, 4.69) is 4.98 Å². The molecule has 0 fully saturated rings. The highest BCUT2D eigenvalue weighted by Crippen LogP contribution is 2.30. The van der Waals surface area contributed by atoms with Gasteiger partial charge < -0.3 is 0 Å². The van der Waals surface area contributed by atoms with Gasteiger partial charge in [-0.1, -0.05) is 41.0 Å². The molecule has 1 aromatic carbocycles. The fourth-order valence-electron chi connectivity index (χ4n) is 1.57. The van der Waals surface area contributed by atoms with Gasteiger partial charge in [-0.2, -0.15) is 13.2 Å². The van der Waals surface area contributed by atoms with Crippen LogP contribution in [0.2, 0.25) is 10.0 Å². The van der Waals surface area contributed by atoms with E-state index in [9.17, 15) is 18.0 Å². The summed E-state index contributed by atoms with van der Waals surface area (Å²) in [7, 11) is 1.37. The minimum Gasteiger partial charge on any atom is -0.291 e. The molecule has 0 atom stereocenters. The zero-order valence-corrected chi connectivity index (χ0v) is 13.4. The van der Waals surface area contributed by atoms with Crippen molar-refractivity contribution in [3.8, 4) is 0 Å². The van der Waals surface area contributed by atoms with Gasteiger partial charge in [0.2, 0.25) is 0 Å². The van der Waals surface area contributed by atoms with E-state index in [1.807, 2.05) is 0 Å². The molecule has 1 heterocycles. The molecule has 0 aliphatic heterocycles. The fraction of sp³-hybridized carbons (Fsp3) is 0.231. The number of rotatable bonds is 3. The molecule has 0 saturated carbocycles. The highest BCUT2D eigenvalue weighted by molar-refractivity contribution is 7.98. The number of alkyl halides is 3. The molecule has 2 rings (SSSR count). The minimum absolute atomic E-state index is 0.0223. The van der Waals surface area contributed by atoms with Gasteiger partial charge in [-0.3, -0.25) is 9.36 Å². The Morgan fingerprint density at radius 2 is 1.91 bits per heavy atom. The quantitative estimate of drug-likeness (QED) is 0.594. The summed E-state index contributed by atoms with van der Waals surface area (Å²) >= 11 is 12.7. The second-order valence-electron chi connectivity index (χ2n) is 4.36. The van der Waals surface area contributed by atoms with Crippen LogP contribution in [-0.2, 0) is 19.0 Å². The summed E-state index contributed by atoms with van der Waals surface area (Å²) in [5, 5.41) is 0.719. The number of benzene rings is 1. The Morgan fingerprint density at radius 1 is 1.23 bits per heavy atom. The summed E-state index contributed by atoms with van der Waals surface area (Å²) in [6.45, 7) is 0. The lowest BCUT2D eigenvalue weighted by molar-refractivity contribution is -0.141. The van der Waals surface area contributed by atoms with Crippen LogP contribution in [0.5, 0.6) is 0 Å². The van der Waals surface area contributed by atoms with Crippen LogP contribution in [0.15, 0.2) is 34.2 Å². The molecular weight excluding hydrogens is 360 g/mol. The van der Waals surface area contributed by atoms with Crippen LogP contribution in [0.1, 0.15) is 11.3 Å². The maximum Gasteiger partial charge on any atom is 0.433 e. The van der Waals surface area contributed by atoms with E-state index >= 15 is 0 Å². The third-order valence-corrected chi connectivity index (χ3v) is 4.58. The van der Waals surface area contributed by atoms with E-state index in [0.29, 0.717) is 21.9 Å². The molecule has 22 heavy (non-hydrogen) atoms. The van der Waals surface area contributed by atoms with Crippen LogP contribution < -0.4 is 5.56 Å². The van der Waals surface area contributed by atoms with Crippen LogP contribution >= 0.6 is 35.0 Å². The molecule has 9 heteroatoms. The van der Waals surface area contributed by atoms with E-state index in [-0.39, 0.29) is 5.16 Å². The minimum atomic E-state index is -4.66. The standard InChI is InChI=1S/C13H9Cl2F3N2OS/c1-20-11(21)5-10(13(16,17)18)19-12(20)22-6-7-2-3-8(14)9(15)4-7/h2-5H,6H2,1H3. The first-order chi connectivity index (χ1) is 10.2. The second-order valence-corrected chi connectivity index (χ2v) is 6.11. The van der Waals surface area contributed by atoms with Crippen molar-refractivity contribution in [2.24, 2.45) is 7.05 Å². The molecule has 1 aromatic heterocycles. The number of hydrogen-bond donors (Lipinski definition) is 0. The first kappa shape index (κ1) is 17.2. The van der Waals surface area contributed by atoms with Gasteiger partial charge in [-0.05, 0) is 17.7 Å². The van der Waals surface area contributed by atoms with Crippen LogP contribution in [0.25, 0.3) is 0 Å². The van der Waals surface area contributed by atoms with Crippen molar-refractivity contribution in [3.63, 3.8) is 0 Å². The predicted molar refractivity (Wildman–Crippen MR) is 80.5 cm³/mol. The number of thioether (sulfide) groups is 1. The number of hydrogen-bond acceptors (Lipinski definition) is 3. The van der Waals surface area contributed by atoms with Gasteiger partial charge in [0.25, 0.3) is 5.56 Å². The molecule has 0 N–H and O–H groups in total. The molecule has 0 aliphatic carbocycles. The van der Waals surface area contributed by atoms with Gasteiger partial charge in [-0.15, -0.1) is 0 Å². The van der Waals surface area contributed by atoms with E-state index in [1.165, 1.54) is 7.05 Å². The van der Waals surface area contributed by atoms with Gasteiger partial charge >= 0.3 is 6.18 Å². The number of aromatic nitrogens is 2. The van der Waals surface area contributed by atoms with Crippen molar-refractivity contribution in [2.45, 2.75) is 17.1 Å². The summed E-state index contributed by atoms with van der Waals surface area (Å²) in [5.74, 6) is 0.304. The summed E-state index contributed by atoms with van der Waals surface area (Å²) in [6.07, 6.45) is -4.66. The maximum atomic E-state index is 12.7. The molecule has 0 bridgehead atoms. The average Bonchev–Trinajstić information content (AvgIpc) is 2.42. The maximum absolute atomic E-state index is 12.7. The topological polar surface area (TPSA) is 34.9 Å². The van der Waals surface area contributed by atoms with Crippen molar-refractivity contribution < 1.29 is 13.2 Å². The Labute approximate surface area is 138 Å². The summed E-state index contributed by atoms with van der Waals surface area (Å²) in [5.41, 5.74) is -1.21. The van der Waals surface area contributed by atoms with E-state index in [0.717, 1.165) is 21.9 Å². The van der Waals surface area contributed by atoms with Crippen LogP contribution in [0.3, 0.4) is 0 Å². The predicted octanol–water partition coefficient (Wildman–Crippen LogP) is 4.40. The Kier molecular flexibility index (Phi) is 5.09. The summed E-state index contributed by atoms with van der Waals surface area (Å²) < 4.78 is 39.1. The molecule has 0 radical (unpaired) electrons. The third kappa shape index (κ3) is 3.97. The molecule has 3 nitrogen and oxygen atoms in total. The normalized spacial score (nSPS) is 11.7. The number of halogens is 5. The monoisotopic (exact) mass is 368 g/mol. The smallest absolute Gasteiger partial charge is 0.291 e. The van der Waals surface area contributed by atoms with Crippen molar-refractivity contribution in [1.82, 2.24) is 9.55 Å². The second kappa shape index (κ2) is 6.52. The van der Waals surface area contributed by atoms with Crippen LogP contribution in [0.4, 0.5) is 13.2 Å². The van der Waals surface area contributed by atoms with Crippen LogP contribution in [-0.4, -0.2) is 9.55 Å². The van der Waals surface area contributed by atoms with E-state index in [1.54, 1.807) is 18.2 Å². The molecule has 0 saturated heterocycles. The van der Waals surface area contributed by atoms with Gasteiger partial charge in [0, 0.05) is 18.9 Å². The summed E-state index contributed by atoms with van der Waals surface area (Å²) in [6, 6.07) is 5.39. The first-order valence-corrected chi connectivity index (χ1v) is 7.64. The van der Waals surface area contributed by atoms with Crippen LogP contribution in [0, 0.1) is 0 Å². The lowest BCUT2D eigenvalue weighted by Gasteiger charge is -2.11. The largest absolute Gasteiger partial charge is 0.433 e. The average molecular weight is 369 g/mol. The molecule has 0 amide bonds. The zero-order valence-electron chi connectivity index (χ0n) is 11.1. The lowest BCUT2D eigenvalue weighted by Crippen LogP contribution is -2.23. The Balaban J connectivity index is 2.27. The summed E-state index contributed by atoms with van der Waals surface area (Å²) in [4.78, 5) is 15.1. The van der Waals surface area contributed by atoms with Crippen molar-refractivity contribution >= 4 is 35.0 Å². The molecule has 2 aromatic rings. The lowest BCUT2D eigenvalue weighted by atomic mass is 10.2. The van der Waals surface area contributed by atoms with Crippen molar-refractivity contribution in [2.75, 3.05) is 0 Å². The van der Waals surface area contributed by atoms with Gasteiger partial charge in [0.15, 0.2) is 10.9 Å². The highest BCUT2D eigenvalue weighted by atomic mass is 35.5. The van der Waals surface area contributed by atoms with E-state index in [4.69, 9.17) is 23.2 Å². The molecule has 0 spiro atoms. The number of nitrogens with zero attached hydrogens (tertiary/aromatic N) is 2. The van der Waals surface area contributed by atoms with Gasteiger partial charge in [0.05, 0.1) is 10.0 Å². The SMILES string of the molecule is Cn1c(SCc2ccc(Cl)c(Cl)c2)nc(C(F)(F)F)cc1=O. The van der Waals surface area contributed by atoms with Gasteiger partial charge in [-0.25, -0.2) is 4.98 Å². The zero-order chi connectivity index (χ0) is 16.5. The first-order valence-electron chi connectivity index (χ1n) is 5.90. The Bertz CT molecular complexity index is 762. The molecule has 118 valence electrons. The highest BCUT2D eigenvalue weighted by Gasteiger charge is 2.33. The molecular formula is C13H9Cl2F3N2OS. The Morgan fingerprint density at radius 3 is 2.50 bits per heavy atom. The van der Waals surface area contributed by atoms with Gasteiger partial charge in [0.1, 0.15) is 0 Å². The van der Waals surface area contributed by atoms with Crippen molar-refractivity contribution in [1.29, 1.82) is 0 Å². The Hall–Kier alpha value is -1.18.